The van der Waals surface area contributed by atoms with Crippen molar-refractivity contribution in [2.45, 2.75) is 0 Å². The third kappa shape index (κ3) is 2.95. The van der Waals surface area contributed by atoms with Crippen LogP contribution in [0, 0.1) is 0 Å². The van der Waals surface area contributed by atoms with Crippen LogP contribution < -0.4 is 0 Å². The standard InChI is InChI=1S/C34H20N2O/c1-2-10-22(11-3-1)33-27-20-26(23-16-8-12-21-13-9-19-35-32(21)23)34-31(25-15-5-7-18-29(25)37-34)30(27)24-14-4-6-17-28(24)36-33/h1-20H. The molecule has 0 spiro atoms. The van der Waals surface area contributed by atoms with Gasteiger partial charge >= 0.3 is 0 Å². The molecule has 0 saturated carbocycles. The van der Waals surface area contributed by atoms with Crippen molar-refractivity contribution < 1.29 is 4.42 Å². The first-order valence-corrected chi connectivity index (χ1v) is 12.4. The van der Waals surface area contributed by atoms with E-state index in [2.05, 4.69) is 91.0 Å². The van der Waals surface area contributed by atoms with Gasteiger partial charge in [-0.2, -0.15) is 0 Å². The summed E-state index contributed by atoms with van der Waals surface area (Å²) < 4.78 is 6.64. The van der Waals surface area contributed by atoms with Crippen molar-refractivity contribution in [1.29, 1.82) is 0 Å². The van der Waals surface area contributed by atoms with E-state index in [1.54, 1.807) is 0 Å². The molecule has 37 heavy (non-hydrogen) atoms. The summed E-state index contributed by atoms with van der Waals surface area (Å²) in [4.78, 5) is 9.97. The summed E-state index contributed by atoms with van der Waals surface area (Å²) in [5.74, 6) is 0. The van der Waals surface area contributed by atoms with Gasteiger partial charge in [0.2, 0.25) is 0 Å². The summed E-state index contributed by atoms with van der Waals surface area (Å²) in [6, 6.07) is 39.8. The van der Waals surface area contributed by atoms with Crippen molar-refractivity contribution in [3.63, 3.8) is 0 Å². The third-order valence-electron chi connectivity index (χ3n) is 7.28. The van der Waals surface area contributed by atoms with Gasteiger partial charge in [-0.15, -0.1) is 0 Å². The zero-order chi connectivity index (χ0) is 24.3. The highest BCUT2D eigenvalue weighted by atomic mass is 16.3. The van der Waals surface area contributed by atoms with Crippen LogP contribution in [0.5, 0.6) is 0 Å². The lowest BCUT2D eigenvalue weighted by Crippen LogP contribution is -1.92. The minimum Gasteiger partial charge on any atom is -0.455 e. The summed E-state index contributed by atoms with van der Waals surface area (Å²) in [7, 11) is 0. The van der Waals surface area contributed by atoms with Crippen LogP contribution in [0.2, 0.25) is 0 Å². The van der Waals surface area contributed by atoms with Crippen LogP contribution in [0.25, 0.3) is 76.9 Å². The van der Waals surface area contributed by atoms with Crippen LogP contribution in [-0.2, 0) is 0 Å². The van der Waals surface area contributed by atoms with Gasteiger partial charge in [0, 0.05) is 55.2 Å². The highest BCUT2D eigenvalue weighted by Gasteiger charge is 2.22. The SMILES string of the molecule is c1ccc(-c2nc3ccccc3c3c2cc(-c2cccc4cccnc24)c2oc4ccccc4c23)cc1. The Morgan fingerprint density at radius 3 is 2.27 bits per heavy atom. The highest BCUT2D eigenvalue weighted by Crippen LogP contribution is 2.46. The monoisotopic (exact) mass is 472 g/mol. The molecule has 0 bridgehead atoms. The maximum atomic E-state index is 6.64. The van der Waals surface area contributed by atoms with E-state index in [9.17, 15) is 0 Å². The van der Waals surface area contributed by atoms with Crippen LogP contribution >= 0.6 is 0 Å². The van der Waals surface area contributed by atoms with Gasteiger partial charge in [-0.1, -0.05) is 91.0 Å². The molecule has 3 heteroatoms. The largest absolute Gasteiger partial charge is 0.455 e. The summed E-state index contributed by atoms with van der Waals surface area (Å²) >= 11 is 0. The van der Waals surface area contributed by atoms with Gasteiger partial charge in [0.05, 0.1) is 16.7 Å². The molecule has 0 aliphatic rings. The van der Waals surface area contributed by atoms with E-state index in [0.29, 0.717) is 0 Å². The smallest absolute Gasteiger partial charge is 0.143 e. The molecule has 0 aliphatic carbocycles. The van der Waals surface area contributed by atoms with Crippen molar-refractivity contribution in [3.05, 3.63) is 121 Å². The lowest BCUT2D eigenvalue weighted by molar-refractivity contribution is 0.670. The van der Waals surface area contributed by atoms with E-state index in [0.717, 1.165) is 71.5 Å². The first kappa shape index (κ1) is 20.2. The molecule has 0 saturated heterocycles. The molecule has 8 aromatic rings. The van der Waals surface area contributed by atoms with Crippen LogP contribution in [0.4, 0.5) is 0 Å². The Morgan fingerprint density at radius 2 is 1.35 bits per heavy atom. The second kappa shape index (κ2) is 7.74. The quantitative estimate of drug-likeness (QED) is 0.235. The van der Waals surface area contributed by atoms with Crippen molar-refractivity contribution in [2.75, 3.05) is 0 Å². The molecule has 5 aromatic carbocycles. The van der Waals surface area contributed by atoms with Crippen molar-refractivity contribution in [1.82, 2.24) is 9.97 Å². The number of hydrogen-bond donors (Lipinski definition) is 0. The first-order chi connectivity index (χ1) is 18.4. The van der Waals surface area contributed by atoms with E-state index in [4.69, 9.17) is 14.4 Å². The van der Waals surface area contributed by atoms with Crippen molar-refractivity contribution in [3.8, 4) is 22.4 Å². The highest BCUT2D eigenvalue weighted by molar-refractivity contribution is 6.31. The molecule has 0 unspecified atom stereocenters. The van der Waals surface area contributed by atoms with Crippen LogP contribution in [0.1, 0.15) is 0 Å². The van der Waals surface area contributed by atoms with Crippen molar-refractivity contribution >= 4 is 54.5 Å². The van der Waals surface area contributed by atoms with Gasteiger partial charge in [0.15, 0.2) is 0 Å². The minimum absolute atomic E-state index is 0.876. The summed E-state index contributed by atoms with van der Waals surface area (Å²) in [5.41, 5.74) is 7.82. The Bertz CT molecular complexity index is 2140. The van der Waals surface area contributed by atoms with E-state index in [1.165, 1.54) is 5.39 Å². The molecule has 172 valence electrons. The number of benzene rings is 5. The van der Waals surface area contributed by atoms with Crippen LogP contribution in [-0.4, -0.2) is 9.97 Å². The van der Waals surface area contributed by atoms with Crippen LogP contribution in [0.3, 0.4) is 0 Å². The molecule has 3 aromatic heterocycles. The number of nitrogens with zero attached hydrogens (tertiary/aromatic N) is 2. The molecule has 3 heterocycles. The number of para-hydroxylation sites is 3. The lowest BCUT2D eigenvalue weighted by Gasteiger charge is -2.14. The van der Waals surface area contributed by atoms with E-state index in [1.807, 2.05) is 30.5 Å². The fourth-order valence-corrected chi connectivity index (χ4v) is 5.67. The van der Waals surface area contributed by atoms with Gasteiger partial charge < -0.3 is 4.42 Å². The van der Waals surface area contributed by atoms with Gasteiger partial charge in [-0.3, -0.25) is 4.98 Å². The second-order valence-electron chi connectivity index (χ2n) is 9.37. The molecule has 8 rings (SSSR count). The van der Waals surface area contributed by atoms with Gasteiger partial charge in [0.25, 0.3) is 0 Å². The van der Waals surface area contributed by atoms with Crippen LogP contribution in [0.15, 0.2) is 126 Å². The number of aromatic nitrogens is 2. The van der Waals surface area contributed by atoms with E-state index < -0.39 is 0 Å². The Morgan fingerprint density at radius 1 is 0.568 bits per heavy atom. The molecule has 0 fully saturated rings. The van der Waals surface area contributed by atoms with Gasteiger partial charge in [-0.05, 0) is 24.3 Å². The molecule has 0 N–H and O–H groups in total. The molecular weight excluding hydrogens is 452 g/mol. The Balaban J connectivity index is 1.66. The number of pyridine rings is 2. The normalized spacial score (nSPS) is 11.8. The molecule has 0 atom stereocenters. The molecule has 3 nitrogen and oxygen atoms in total. The molecular formula is C34H20N2O. The fourth-order valence-electron chi connectivity index (χ4n) is 5.67. The number of furan rings is 1. The lowest BCUT2D eigenvalue weighted by atomic mass is 9.91. The zero-order valence-corrected chi connectivity index (χ0v) is 19.8. The molecule has 0 amide bonds. The Kier molecular flexibility index (Phi) is 4.23. The molecule has 0 aliphatic heterocycles. The zero-order valence-electron chi connectivity index (χ0n) is 19.8. The summed E-state index contributed by atoms with van der Waals surface area (Å²) in [6.07, 6.45) is 1.85. The predicted molar refractivity (Wildman–Crippen MR) is 153 cm³/mol. The third-order valence-corrected chi connectivity index (χ3v) is 7.28. The average Bonchev–Trinajstić information content (AvgIpc) is 3.36. The van der Waals surface area contributed by atoms with E-state index in [-0.39, 0.29) is 0 Å². The Hall–Kier alpha value is -5.02. The number of fused-ring (bicyclic) bond motifs is 8. The summed E-state index contributed by atoms with van der Waals surface area (Å²) in [6.45, 7) is 0. The first-order valence-electron chi connectivity index (χ1n) is 12.4. The number of hydrogen-bond acceptors (Lipinski definition) is 3. The maximum absolute atomic E-state index is 6.64. The van der Waals surface area contributed by atoms with Gasteiger partial charge in [0.1, 0.15) is 11.2 Å². The summed E-state index contributed by atoms with van der Waals surface area (Å²) in [5, 5.41) is 6.72. The predicted octanol–water partition coefficient (Wildman–Crippen LogP) is 9.17. The molecule has 0 radical (unpaired) electrons. The maximum Gasteiger partial charge on any atom is 0.143 e. The van der Waals surface area contributed by atoms with Crippen molar-refractivity contribution in [2.24, 2.45) is 0 Å². The topological polar surface area (TPSA) is 38.9 Å². The van der Waals surface area contributed by atoms with E-state index >= 15 is 0 Å². The minimum atomic E-state index is 0.876. The van der Waals surface area contributed by atoms with Gasteiger partial charge in [-0.25, -0.2) is 4.98 Å². The number of rotatable bonds is 2. The second-order valence-corrected chi connectivity index (χ2v) is 9.37. The average molecular weight is 473 g/mol. The Labute approximate surface area is 212 Å². The fraction of sp³-hybridized carbons (Fsp3) is 0.